The van der Waals surface area contributed by atoms with Crippen LogP contribution in [0.25, 0.3) is 11.3 Å². The first-order valence-corrected chi connectivity index (χ1v) is 6.93. The predicted molar refractivity (Wildman–Crippen MR) is 83.0 cm³/mol. The van der Waals surface area contributed by atoms with Crippen molar-refractivity contribution in [3.8, 4) is 11.3 Å². The van der Waals surface area contributed by atoms with Gasteiger partial charge in [0.05, 0.1) is 5.69 Å². The fourth-order valence-electron chi connectivity index (χ4n) is 2.39. The highest BCUT2D eigenvalue weighted by molar-refractivity contribution is 6.32. The van der Waals surface area contributed by atoms with E-state index < -0.39 is 0 Å². The summed E-state index contributed by atoms with van der Waals surface area (Å²) in [7, 11) is 6.18. The van der Waals surface area contributed by atoms with Crippen molar-refractivity contribution in [2.75, 3.05) is 0 Å². The van der Waals surface area contributed by atoms with E-state index in [2.05, 4.69) is 50.0 Å². The first-order valence-electron chi connectivity index (χ1n) is 6.93. The van der Waals surface area contributed by atoms with Crippen LogP contribution in [0, 0.1) is 0 Å². The normalized spacial score (nSPS) is 11.5. The van der Waals surface area contributed by atoms with Crippen LogP contribution in [0.5, 0.6) is 0 Å². The zero-order chi connectivity index (χ0) is 13.9. The highest BCUT2D eigenvalue weighted by Gasteiger charge is 2.24. The minimum Gasteiger partial charge on any atom is -0.264 e. The molecule has 0 N–H and O–H groups in total. The monoisotopic (exact) mass is 249 g/mol. The Labute approximate surface area is 117 Å². The van der Waals surface area contributed by atoms with Crippen LogP contribution in [0.3, 0.4) is 0 Å². The van der Waals surface area contributed by atoms with Crippen LogP contribution in [0.15, 0.2) is 42.5 Å². The third-order valence-electron chi connectivity index (χ3n) is 4.21. The lowest BCUT2D eigenvalue weighted by atomic mass is 9.74. The minimum atomic E-state index is 0.117. The first-order chi connectivity index (χ1) is 9.10. The summed E-state index contributed by atoms with van der Waals surface area (Å²) in [5, 5.41) is 0. The molecule has 2 heteroatoms. The lowest BCUT2D eigenvalue weighted by Crippen LogP contribution is -2.29. The fourth-order valence-corrected chi connectivity index (χ4v) is 2.39. The Bertz CT molecular complexity index is 544. The quantitative estimate of drug-likeness (QED) is 0.754. The Hall–Kier alpha value is -1.57. The molecule has 1 nitrogen and oxygen atoms in total. The van der Waals surface area contributed by atoms with Gasteiger partial charge in [-0.1, -0.05) is 57.2 Å². The van der Waals surface area contributed by atoms with Gasteiger partial charge in [-0.15, -0.1) is 0 Å². The molecule has 0 aliphatic rings. The fraction of sp³-hybridized carbons (Fsp3) is 0.353. The van der Waals surface area contributed by atoms with Crippen LogP contribution in [0.1, 0.15) is 39.2 Å². The van der Waals surface area contributed by atoms with Gasteiger partial charge in [-0.05, 0) is 35.5 Å². The molecular weight excluding hydrogens is 229 g/mol. The molecule has 0 spiro atoms. The highest BCUT2D eigenvalue weighted by atomic mass is 14.7. The topological polar surface area (TPSA) is 12.9 Å². The Balaban J connectivity index is 2.43. The van der Waals surface area contributed by atoms with Crippen LogP contribution in [-0.4, -0.2) is 12.8 Å². The van der Waals surface area contributed by atoms with Gasteiger partial charge in [-0.25, -0.2) is 0 Å². The summed E-state index contributed by atoms with van der Waals surface area (Å²) in [6.07, 6.45) is 2.14. The molecule has 0 atom stereocenters. The molecule has 0 aliphatic heterocycles. The van der Waals surface area contributed by atoms with Gasteiger partial charge in [0.2, 0.25) is 0 Å². The van der Waals surface area contributed by atoms with Crippen molar-refractivity contribution in [2.45, 2.75) is 39.0 Å². The summed E-state index contributed by atoms with van der Waals surface area (Å²) in [5.74, 6) is 0. The number of aromatic nitrogens is 1. The van der Waals surface area contributed by atoms with Gasteiger partial charge in [-0.3, -0.25) is 4.98 Å². The summed E-state index contributed by atoms with van der Waals surface area (Å²) < 4.78 is 0. The van der Waals surface area contributed by atoms with Crippen molar-refractivity contribution in [3.63, 3.8) is 0 Å². The average Bonchev–Trinajstić information content (AvgIpc) is 2.47. The summed E-state index contributed by atoms with van der Waals surface area (Å²) >= 11 is 0. The van der Waals surface area contributed by atoms with Crippen molar-refractivity contribution in [1.82, 2.24) is 4.98 Å². The van der Waals surface area contributed by atoms with E-state index in [-0.39, 0.29) is 5.41 Å². The van der Waals surface area contributed by atoms with E-state index in [0.29, 0.717) is 5.59 Å². The molecule has 0 bridgehead atoms. The molecule has 1 aromatic heterocycles. The zero-order valence-electron chi connectivity index (χ0n) is 12.0. The van der Waals surface area contributed by atoms with Crippen LogP contribution in [0.4, 0.5) is 0 Å². The second kappa shape index (κ2) is 5.60. The molecule has 1 aromatic carbocycles. The minimum absolute atomic E-state index is 0.117. The maximum atomic E-state index is 6.18. The molecule has 0 amide bonds. The molecule has 19 heavy (non-hydrogen) atoms. The first kappa shape index (κ1) is 13.9. The van der Waals surface area contributed by atoms with E-state index in [1.165, 1.54) is 0 Å². The lowest BCUT2D eigenvalue weighted by molar-refractivity contribution is 0.440. The average molecular weight is 249 g/mol. The summed E-state index contributed by atoms with van der Waals surface area (Å²) in [6, 6.07) is 14.4. The molecule has 2 radical (unpaired) electrons. The number of hydrogen-bond acceptors (Lipinski definition) is 1. The van der Waals surface area contributed by atoms with Crippen LogP contribution < -0.4 is 5.59 Å². The SMILES string of the molecule is [B]c1nc(-c2ccccc2)ccc1C(C)(CC)CC. The van der Waals surface area contributed by atoms with Gasteiger partial charge in [0, 0.05) is 5.56 Å². The van der Waals surface area contributed by atoms with Gasteiger partial charge in [0.15, 0.2) is 0 Å². The third-order valence-corrected chi connectivity index (χ3v) is 4.21. The van der Waals surface area contributed by atoms with Gasteiger partial charge >= 0.3 is 0 Å². The standard InChI is InChI=1S/C17H20BN/c1-4-17(3,5-2)14-11-12-15(19-16(14)18)13-9-7-6-8-10-13/h6-12H,4-5H2,1-3H3. The number of hydrogen-bond donors (Lipinski definition) is 0. The van der Waals surface area contributed by atoms with Crippen LogP contribution in [0.2, 0.25) is 0 Å². The van der Waals surface area contributed by atoms with E-state index in [1.54, 1.807) is 0 Å². The van der Waals surface area contributed by atoms with E-state index in [4.69, 9.17) is 7.85 Å². The lowest BCUT2D eigenvalue weighted by Gasteiger charge is -2.29. The van der Waals surface area contributed by atoms with E-state index in [0.717, 1.165) is 29.7 Å². The molecule has 0 aliphatic carbocycles. The molecule has 96 valence electrons. The van der Waals surface area contributed by atoms with Crippen molar-refractivity contribution in [2.24, 2.45) is 0 Å². The molecule has 0 saturated carbocycles. The summed E-state index contributed by atoms with van der Waals surface area (Å²) in [4.78, 5) is 4.58. The molecule has 2 aromatic rings. The van der Waals surface area contributed by atoms with Crippen molar-refractivity contribution >= 4 is 13.4 Å². The van der Waals surface area contributed by atoms with Crippen molar-refractivity contribution in [3.05, 3.63) is 48.0 Å². The van der Waals surface area contributed by atoms with Gasteiger partial charge in [-0.2, -0.15) is 0 Å². The maximum absolute atomic E-state index is 6.18. The highest BCUT2D eigenvalue weighted by Crippen LogP contribution is 2.30. The number of benzene rings is 1. The van der Waals surface area contributed by atoms with Gasteiger partial charge < -0.3 is 0 Å². The van der Waals surface area contributed by atoms with Gasteiger partial charge in [0.1, 0.15) is 7.85 Å². The second-order valence-corrected chi connectivity index (χ2v) is 5.26. The number of nitrogens with zero attached hydrogens (tertiary/aromatic N) is 1. The second-order valence-electron chi connectivity index (χ2n) is 5.26. The smallest absolute Gasteiger partial charge is 0.142 e. The van der Waals surface area contributed by atoms with E-state index in [9.17, 15) is 0 Å². The molecule has 1 heterocycles. The predicted octanol–water partition coefficient (Wildman–Crippen LogP) is 3.62. The van der Waals surface area contributed by atoms with Crippen LogP contribution in [-0.2, 0) is 5.41 Å². The van der Waals surface area contributed by atoms with E-state index >= 15 is 0 Å². The zero-order valence-corrected chi connectivity index (χ0v) is 12.0. The maximum Gasteiger partial charge on any atom is 0.142 e. The van der Waals surface area contributed by atoms with Crippen LogP contribution >= 0.6 is 0 Å². The summed E-state index contributed by atoms with van der Waals surface area (Å²) in [6.45, 7) is 6.66. The Morgan fingerprint density at radius 3 is 2.16 bits per heavy atom. The number of pyridine rings is 1. The Morgan fingerprint density at radius 2 is 1.63 bits per heavy atom. The largest absolute Gasteiger partial charge is 0.264 e. The van der Waals surface area contributed by atoms with Gasteiger partial charge in [0.25, 0.3) is 0 Å². The molecule has 0 saturated heterocycles. The third kappa shape index (κ3) is 2.73. The molecule has 2 rings (SSSR count). The molecule has 0 unspecified atom stereocenters. The molecular formula is C17H20BN. The summed E-state index contributed by atoms with van der Waals surface area (Å²) in [5.41, 5.74) is 3.99. The Morgan fingerprint density at radius 1 is 1.00 bits per heavy atom. The van der Waals surface area contributed by atoms with E-state index in [1.807, 2.05) is 18.2 Å². The number of rotatable bonds is 4. The molecule has 0 fully saturated rings. The Kier molecular flexibility index (Phi) is 4.09. The van der Waals surface area contributed by atoms with Crippen molar-refractivity contribution in [1.29, 1.82) is 0 Å². The van der Waals surface area contributed by atoms with Crippen molar-refractivity contribution < 1.29 is 0 Å².